The van der Waals surface area contributed by atoms with Gasteiger partial charge in [-0.25, -0.2) is 4.79 Å². The highest BCUT2D eigenvalue weighted by molar-refractivity contribution is 7.09. The van der Waals surface area contributed by atoms with Crippen LogP contribution in [0.25, 0.3) is 0 Å². The highest BCUT2D eigenvalue weighted by Gasteiger charge is 2.26. The van der Waals surface area contributed by atoms with Crippen LogP contribution in [0.2, 0.25) is 0 Å². The van der Waals surface area contributed by atoms with Gasteiger partial charge in [-0.15, -0.1) is 11.3 Å². The normalized spacial score (nSPS) is 17.6. The number of hydrogen-bond acceptors (Lipinski definition) is 4. The van der Waals surface area contributed by atoms with Crippen molar-refractivity contribution >= 4 is 17.2 Å². The number of carbonyl (C=O) groups is 1. The van der Waals surface area contributed by atoms with Crippen LogP contribution in [0.15, 0.2) is 33.3 Å². The Morgan fingerprint density at radius 2 is 2.20 bits per heavy atom. The zero-order valence-electron chi connectivity index (χ0n) is 14.4. The SMILES string of the molecule is Cc1cn(CC(=O)N2CCCC[C@@H]2CCc2cccs2)c(=O)[nH]c1=O. The number of aryl methyl sites for hydroxylation is 2. The molecule has 1 aliphatic rings. The second-order valence-electron chi connectivity index (χ2n) is 6.55. The second-order valence-corrected chi connectivity index (χ2v) is 7.59. The Kier molecular flexibility index (Phi) is 5.53. The summed E-state index contributed by atoms with van der Waals surface area (Å²) >= 11 is 1.75. The lowest BCUT2D eigenvalue weighted by atomic mass is 9.97. The average molecular weight is 361 g/mol. The van der Waals surface area contributed by atoms with Crippen LogP contribution in [0.3, 0.4) is 0 Å². The third kappa shape index (κ3) is 4.28. The number of piperidine rings is 1. The number of aromatic amines is 1. The third-order valence-electron chi connectivity index (χ3n) is 4.75. The first-order valence-corrected chi connectivity index (χ1v) is 9.55. The van der Waals surface area contributed by atoms with Gasteiger partial charge in [-0.05, 0) is 50.5 Å². The molecule has 1 aliphatic heterocycles. The molecule has 134 valence electrons. The molecule has 2 aromatic heterocycles. The zero-order valence-corrected chi connectivity index (χ0v) is 15.2. The van der Waals surface area contributed by atoms with Gasteiger partial charge in [-0.2, -0.15) is 0 Å². The molecule has 0 bridgehead atoms. The van der Waals surface area contributed by atoms with Crippen molar-refractivity contribution in [2.75, 3.05) is 6.54 Å². The minimum atomic E-state index is -0.531. The van der Waals surface area contributed by atoms with Gasteiger partial charge in [0.15, 0.2) is 0 Å². The van der Waals surface area contributed by atoms with Crippen LogP contribution in [0.4, 0.5) is 0 Å². The molecule has 7 heteroatoms. The van der Waals surface area contributed by atoms with Crippen LogP contribution in [0.1, 0.15) is 36.1 Å². The quantitative estimate of drug-likeness (QED) is 0.884. The van der Waals surface area contributed by atoms with E-state index in [1.807, 2.05) is 4.90 Å². The van der Waals surface area contributed by atoms with Crippen LogP contribution < -0.4 is 11.2 Å². The first kappa shape index (κ1) is 17.7. The van der Waals surface area contributed by atoms with Gasteiger partial charge in [0.1, 0.15) is 6.54 Å². The Bertz CT molecular complexity index is 838. The van der Waals surface area contributed by atoms with E-state index in [0.29, 0.717) is 5.56 Å². The van der Waals surface area contributed by atoms with Crippen LogP contribution in [0, 0.1) is 6.92 Å². The maximum absolute atomic E-state index is 12.8. The molecule has 0 unspecified atom stereocenters. The molecule has 1 atom stereocenters. The summed E-state index contributed by atoms with van der Waals surface area (Å²) in [6.45, 7) is 2.35. The summed E-state index contributed by atoms with van der Waals surface area (Å²) in [4.78, 5) is 41.7. The van der Waals surface area contributed by atoms with E-state index in [4.69, 9.17) is 0 Å². The van der Waals surface area contributed by atoms with Crippen LogP contribution in [-0.4, -0.2) is 32.9 Å². The Hall–Kier alpha value is -2.15. The molecular weight excluding hydrogens is 338 g/mol. The van der Waals surface area contributed by atoms with Crippen molar-refractivity contribution in [3.05, 3.63) is 55.0 Å². The lowest BCUT2D eigenvalue weighted by molar-refractivity contribution is -0.135. The maximum atomic E-state index is 12.8. The van der Waals surface area contributed by atoms with E-state index in [-0.39, 0.29) is 18.5 Å². The summed E-state index contributed by atoms with van der Waals surface area (Å²) in [7, 11) is 0. The summed E-state index contributed by atoms with van der Waals surface area (Å²) in [5.41, 5.74) is -0.503. The number of nitrogens with zero attached hydrogens (tertiary/aromatic N) is 2. The number of rotatable bonds is 5. The number of carbonyl (C=O) groups excluding carboxylic acids is 1. The summed E-state index contributed by atoms with van der Waals surface area (Å²) < 4.78 is 1.30. The first-order chi connectivity index (χ1) is 12.0. The molecule has 3 heterocycles. The van der Waals surface area contributed by atoms with Gasteiger partial charge in [0.2, 0.25) is 5.91 Å². The molecule has 1 N–H and O–H groups in total. The highest BCUT2D eigenvalue weighted by atomic mass is 32.1. The number of hydrogen-bond donors (Lipinski definition) is 1. The number of thiophene rings is 1. The molecule has 1 fully saturated rings. The van der Waals surface area contributed by atoms with Gasteiger partial charge in [0.05, 0.1) is 0 Å². The summed E-state index contributed by atoms with van der Waals surface area (Å²) in [6, 6.07) is 4.40. The van der Waals surface area contributed by atoms with Crippen molar-refractivity contribution in [3.63, 3.8) is 0 Å². The smallest absolute Gasteiger partial charge is 0.328 e. The molecule has 0 aliphatic carbocycles. The summed E-state index contributed by atoms with van der Waals surface area (Å²) in [6.07, 6.45) is 6.54. The molecular formula is C18H23N3O3S. The maximum Gasteiger partial charge on any atom is 0.328 e. The van der Waals surface area contributed by atoms with E-state index in [1.165, 1.54) is 15.6 Å². The van der Waals surface area contributed by atoms with Crippen LogP contribution in [-0.2, 0) is 17.8 Å². The largest absolute Gasteiger partial charge is 0.338 e. The topological polar surface area (TPSA) is 75.2 Å². The van der Waals surface area contributed by atoms with Crippen LogP contribution in [0.5, 0.6) is 0 Å². The second kappa shape index (κ2) is 7.82. The first-order valence-electron chi connectivity index (χ1n) is 8.67. The molecule has 25 heavy (non-hydrogen) atoms. The molecule has 2 aromatic rings. The van der Waals surface area contributed by atoms with E-state index in [1.54, 1.807) is 18.3 Å². The predicted molar refractivity (Wildman–Crippen MR) is 98.1 cm³/mol. The van der Waals surface area contributed by atoms with Crippen molar-refractivity contribution in [3.8, 4) is 0 Å². The minimum absolute atomic E-state index is 0.0219. The fourth-order valence-corrected chi connectivity index (χ4v) is 4.09. The molecule has 3 rings (SSSR count). The fraction of sp³-hybridized carbons (Fsp3) is 0.500. The lowest BCUT2D eigenvalue weighted by Crippen LogP contribution is -2.46. The molecule has 0 radical (unpaired) electrons. The van der Waals surface area contributed by atoms with Crippen LogP contribution >= 0.6 is 11.3 Å². The number of H-pyrrole nitrogens is 1. The lowest BCUT2D eigenvalue weighted by Gasteiger charge is -2.36. The fourth-order valence-electron chi connectivity index (χ4n) is 3.37. The van der Waals surface area contributed by atoms with E-state index >= 15 is 0 Å². The van der Waals surface area contributed by atoms with E-state index in [0.717, 1.165) is 38.6 Å². The Balaban J connectivity index is 1.69. The Morgan fingerprint density at radius 3 is 2.96 bits per heavy atom. The van der Waals surface area contributed by atoms with Crippen molar-refractivity contribution in [2.45, 2.75) is 51.6 Å². The molecule has 0 aromatic carbocycles. The highest BCUT2D eigenvalue weighted by Crippen LogP contribution is 2.23. The van der Waals surface area contributed by atoms with Gasteiger partial charge in [0.25, 0.3) is 5.56 Å². The number of nitrogens with one attached hydrogen (secondary N) is 1. The van der Waals surface area contributed by atoms with Crippen molar-refractivity contribution in [2.24, 2.45) is 0 Å². The Morgan fingerprint density at radius 1 is 1.36 bits per heavy atom. The molecule has 6 nitrogen and oxygen atoms in total. The molecule has 0 spiro atoms. The van der Waals surface area contributed by atoms with Crippen molar-refractivity contribution < 1.29 is 4.79 Å². The van der Waals surface area contributed by atoms with Crippen molar-refractivity contribution in [1.82, 2.24) is 14.5 Å². The zero-order chi connectivity index (χ0) is 17.8. The van der Waals surface area contributed by atoms with Gasteiger partial charge < -0.3 is 4.90 Å². The molecule has 1 saturated heterocycles. The third-order valence-corrected chi connectivity index (χ3v) is 5.68. The summed E-state index contributed by atoms with van der Waals surface area (Å²) in [5, 5.41) is 2.07. The number of likely N-dealkylation sites (tertiary alicyclic amines) is 1. The van der Waals surface area contributed by atoms with Gasteiger partial charge in [0, 0.05) is 29.2 Å². The monoisotopic (exact) mass is 361 g/mol. The van der Waals surface area contributed by atoms with E-state index < -0.39 is 11.2 Å². The Labute approximate surface area is 150 Å². The molecule has 0 saturated carbocycles. The van der Waals surface area contributed by atoms with Gasteiger partial charge in [-0.3, -0.25) is 19.1 Å². The number of amides is 1. The minimum Gasteiger partial charge on any atom is -0.338 e. The number of aromatic nitrogens is 2. The van der Waals surface area contributed by atoms with E-state index in [9.17, 15) is 14.4 Å². The average Bonchev–Trinajstić information content (AvgIpc) is 3.11. The summed E-state index contributed by atoms with van der Waals surface area (Å²) in [5.74, 6) is -0.0515. The predicted octanol–water partition coefficient (Wildman–Crippen LogP) is 1.92. The standard InChI is InChI=1S/C18H23N3O3S/c1-13-11-20(18(24)19-17(13)23)12-16(22)21-9-3-2-5-14(21)7-8-15-6-4-10-25-15/h4,6,10-11,14H,2-3,5,7-9,12H2,1H3,(H,19,23,24)/t14-/m1/s1. The van der Waals surface area contributed by atoms with E-state index in [2.05, 4.69) is 22.5 Å². The van der Waals surface area contributed by atoms with Gasteiger partial charge >= 0.3 is 5.69 Å². The molecule has 1 amide bonds. The van der Waals surface area contributed by atoms with Crippen molar-refractivity contribution in [1.29, 1.82) is 0 Å². The van der Waals surface area contributed by atoms with Gasteiger partial charge in [-0.1, -0.05) is 6.07 Å².